The lowest BCUT2D eigenvalue weighted by Crippen LogP contribution is -2.50. The van der Waals surface area contributed by atoms with Crippen molar-refractivity contribution in [1.82, 2.24) is 4.90 Å². The molecule has 1 aliphatic rings. The molecule has 0 saturated carbocycles. The predicted molar refractivity (Wildman–Crippen MR) is 79.5 cm³/mol. The molecular weight excluding hydrogens is 381 g/mol. The van der Waals surface area contributed by atoms with Crippen LogP contribution in [0.15, 0.2) is 29.4 Å². The number of halogens is 4. The van der Waals surface area contributed by atoms with E-state index < -0.39 is 28.9 Å². The van der Waals surface area contributed by atoms with Gasteiger partial charge in [-0.15, -0.1) is 0 Å². The van der Waals surface area contributed by atoms with Gasteiger partial charge in [0.25, 0.3) is 5.84 Å². The molecule has 1 aromatic rings. The second-order valence-electron chi connectivity index (χ2n) is 4.92. The summed E-state index contributed by atoms with van der Waals surface area (Å²) < 4.78 is 44.8. The number of esters is 1. The van der Waals surface area contributed by atoms with Gasteiger partial charge in [-0.25, -0.2) is 9.18 Å². The van der Waals surface area contributed by atoms with E-state index in [4.69, 9.17) is 9.57 Å². The van der Waals surface area contributed by atoms with Crippen molar-refractivity contribution in [3.05, 3.63) is 35.6 Å². The molecule has 23 heavy (non-hydrogen) atoms. The second-order valence-corrected chi connectivity index (χ2v) is 6.08. The van der Waals surface area contributed by atoms with Gasteiger partial charge in [0, 0.05) is 12.5 Å². The topological polar surface area (TPSA) is 51.1 Å². The Labute approximate surface area is 139 Å². The fraction of sp³-hybridized carbons (Fsp3) is 0.429. The number of rotatable bonds is 5. The van der Waals surface area contributed by atoms with Crippen molar-refractivity contribution in [2.75, 3.05) is 13.2 Å². The molecule has 1 aromatic carbocycles. The van der Waals surface area contributed by atoms with Crippen molar-refractivity contribution >= 4 is 27.7 Å². The summed E-state index contributed by atoms with van der Waals surface area (Å²) in [5, 5.41) is 3.59. The molecule has 1 aliphatic heterocycles. The number of hydrogen-bond acceptors (Lipinski definition) is 5. The van der Waals surface area contributed by atoms with Crippen LogP contribution in [0.1, 0.15) is 19.4 Å². The number of ether oxygens (including phenoxy) is 1. The number of benzene rings is 1. The molecular formula is C14H14BrF3N2O3. The Hall–Kier alpha value is -1.77. The summed E-state index contributed by atoms with van der Waals surface area (Å²) in [6.45, 7) is 2.20. The van der Waals surface area contributed by atoms with Crippen LogP contribution >= 0.6 is 15.9 Å². The predicted octanol–water partition coefficient (Wildman–Crippen LogP) is 3.19. The Bertz CT molecular complexity index is 619. The van der Waals surface area contributed by atoms with Gasteiger partial charge in [-0.1, -0.05) is 17.3 Å². The molecule has 5 nitrogen and oxygen atoms in total. The highest BCUT2D eigenvalue weighted by atomic mass is 79.9. The van der Waals surface area contributed by atoms with E-state index in [0.29, 0.717) is 5.56 Å². The van der Waals surface area contributed by atoms with E-state index >= 15 is 0 Å². The van der Waals surface area contributed by atoms with Crippen LogP contribution < -0.4 is 0 Å². The largest absolute Gasteiger partial charge is 0.460 e. The smallest absolute Gasteiger partial charge is 0.377 e. The summed E-state index contributed by atoms with van der Waals surface area (Å²) in [6.07, 6.45) is 0. The highest BCUT2D eigenvalue weighted by Gasteiger charge is 2.50. The second kappa shape index (κ2) is 6.38. The van der Waals surface area contributed by atoms with Crippen molar-refractivity contribution < 1.29 is 27.5 Å². The molecule has 0 spiro atoms. The zero-order chi connectivity index (χ0) is 17.3. The molecule has 0 N–H and O–H groups in total. The van der Waals surface area contributed by atoms with Gasteiger partial charge in [-0.3, -0.25) is 4.90 Å². The Morgan fingerprint density at radius 1 is 1.43 bits per heavy atom. The molecule has 9 heteroatoms. The van der Waals surface area contributed by atoms with Gasteiger partial charge in [-0.05, 0) is 35.0 Å². The van der Waals surface area contributed by atoms with Gasteiger partial charge in [0.15, 0.2) is 0 Å². The van der Waals surface area contributed by atoms with E-state index in [-0.39, 0.29) is 12.4 Å². The lowest BCUT2D eigenvalue weighted by molar-refractivity contribution is -0.137. The zero-order valence-corrected chi connectivity index (χ0v) is 13.9. The Morgan fingerprint density at radius 2 is 2.04 bits per heavy atom. The van der Waals surface area contributed by atoms with Crippen LogP contribution in [0.4, 0.5) is 13.2 Å². The van der Waals surface area contributed by atoms with E-state index in [2.05, 4.69) is 21.1 Å². The van der Waals surface area contributed by atoms with Crippen LogP contribution in [0.3, 0.4) is 0 Å². The van der Waals surface area contributed by atoms with Gasteiger partial charge < -0.3 is 9.57 Å². The van der Waals surface area contributed by atoms with Gasteiger partial charge in [0.2, 0.25) is 5.72 Å². The highest BCUT2D eigenvalue weighted by Crippen LogP contribution is 2.38. The van der Waals surface area contributed by atoms with Crippen LogP contribution in [-0.4, -0.2) is 34.7 Å². The van der Waals surface area contributed by atoms with E-state index in [1.54, 1.807) is 6.92 Å². The molecule has 0 amide bonds. The summed E-state index contributed by atoms with van der Waals surface area (Å²) in [5.41, 5.74) is -1.13. The molecule has 1 atom stereocenters. The van der Waals surface area contributed by atoms with E-state index in [0.717, 1.165) is 17.0 Å². The number of hydrogen-bond donors (Lipinski definition) is 0. The fourth-order valence-corrected chi connectivity index (χ4v) is 2.40. The Balaban J connectivity index is 2.39. The minimum absolute atomic E-state index is 0.0592. The van der Waals surface area contributed by atoms with Crippen LogP contribution in [0.25, 0.3) is 0 Å². The number of alkyl halides is 3. The summed E-state index contributed by atoms with van der Waals surface area (Å²) in [7, 11) is 0. The van der Waals surface area contributed by atoms with Gasteiger partial charge >= 0.3 is 10.8 Å². The first-order valence-electron chi connectivity index (χ1n) is 6.71. The van der Waals surface area contributed by atoms with Crippen molar-refractivity contribution in [1.29, 1.82) is 0 Å². The Kier molecular flexibility index (Phi) is 4.88. The average Bonchev–Trinajstić information content (AvgIpc) is 2.76. The maximum absolute atomic E-state index is 13.5. The van der Waals surface area contributed by atoms with E-state index in [9.17, 15) is 18.0 Å². The highest BCUT2D eigenvalue weighted by molar-refractivity contribution is 9.10. The molecule has 0 bridgehead atoms. The first-order chi connectivity index (χ1) is 10.7. The average molecular weight is 395 g/mol. The minimum Gasteiger partial charge on any atom is -0.460 e. The number of amidine groups is 1. The van der Waals surface area contributed by atoms with Gasteiger partial charge in [-0.2, -0.15) is 8.78 Å². The number of carbonyl (C=O) groups is 1. The molecule has 126 valence electrons. The van der Waals surface area contributed by atoms with Crippen LogP contribution in [0.5, 0.6) is 0 Å². The lowest BCUT2D eigenvalue weighted by Gasteiger charge is -2.35. The van der Waals surface area contributed by atoms with Gasteiger partial charge in [0.05, 0.1) is 13.2 Å². The quantitative estimate of drug-likeness (QED) is 0.568. The number of nitrogens with zero attached hydrogens (tertiary/aromatic N) is 2. The Morgan fingerprint density at radius 3 is 2.57 bits per heavy atom. The van der Waals surface area contributed by atoms with Crippen molar-refractivity contribution in [2.24, 2.45) is 5.16 Å². The third-order valence-corrected chi connectivity index (χ3v) is 3.51. The molecule has 1 heterocycles. The fourth-order valence-electron chi connectivity index (χ4n) is 2.15. The monoisotopic (exact) mass is 394 g/mol. The molecule has 0 fully saturated rings. The van der Waals surface area contributed by atoms with E-state index in [1.807, 2.05) is 0 Å². The standard InChI is InChI=1S/C14H14BrF3N2O3/c1-3-22-12(21)11-19-23-13(2,20(11)8-14(15,17)18)9-4-6-10(16)7-5-9/h4-7H,3,8H2,1-2H3. The number of carbonyl (C=O) groups excluding carboxylic acids is 1. The molecule has 0 aromatic heterocycles. The molecule has 0 aliphatic carbocycles. The van der Waals surface area contributed by atoms with Crippen LogP contribution in [0, 0.1) is 5.82 Å². The van der Waals surface area contributed by atoms with Crippen molar-refractivity contribution in [3.63, 3.8) is 0 Å². The molecule has 0 radical (unpaired) electrons. The van der Waals surface area contributed by atoms with E-state index in [1.165, 1.54) is 19.1 Å². The first kappa shape index (κ1) is 17.6. The first-order valence-corrected chi connectivity index (χ1v) is 7.50. The third kappa shape index (κ3) is 3.77. The molecule has 2 rings (SSSR count). The van der Waals surface area contributed by atoms with Crippen LogP contribution in [0.2, 0.25) is 0 Å². The zero-order valence-electron chi connectivity index (χ0n) is 12.4. The summed E-state index contributed by atoms with van der Waals surface area (Å²) in [5.74, 6) is -1.74. The summed E-state index contributed by atoms with van der Waals surface area (Å²) >= 11 is 2.24. The summed E-state index contributed by atoms with van der Waals surface area (Å²) in [6, 6.07) is 5.07. The lowest BCUT2D eigenvalue weighted by atomic mass is 10.0. The summed E-state index contributed by atoms with van der Waals surface area (Å²) in [4.78, 5) is 14.8. The van der Waals surface area contributed by atoms with Crippen molar-refractivity contribution in [3.8, 4) is 0 Å². The van der Waals surface area contributed by atoms with Crippen molar-refractivity contribution in [2.45, 2.75) is 24.4 Å². The minimum atomic E-state index is -3.30. The normalized spacial score (nSPS) is 21.0. The number of oxime groups is 1. The molecule has 1 unspecified atom stereocenters. The SMILES string of the molecule is CCOC(=O)C1=NOC(C)(c2ccc(F)cc2)N1CC(F)(F)Br. The maximum atomic E-state index is 13.5. The maximum Gasteiger partial charge on any atom is 0.377 e. The molecule has 0 saturated heterocycles. The van der Waals surface area contributed by atoms with Crippen LogP contribution in [-0.2, 0) is 20.1 Å². The van der Waals surface area contributed by atoms with Gasteiger partial charge in [0.1, 0.15) is 5.82 Å². The third-order valence-electron chi connectivity index (χ3n) is 3.26.